The maximum atomic E-state index is 12.1. The lowest BCUT2D eigenvalue weighted by atomic mass is 10.1. The van der Waals surface area contributed by atoms with Gasteiger partial charge in [-0.1, -0.05) is 0 Å². The predicted octanol–water partition coefficient (Wildman–Crippen LogP) is 0.506. The van der Waals surface area contributed by atoms with Crippen molar-refractivity contribution in [2.75, 3.05) is 39.8 Å². The fourth-order valence-corrected chi connectivity index (χ4v) is 2.18. The van der Waals surface area contributed by atoms with Crippen LogP contribution in [0.25, 0.3) is 0 Å². The third kappa shape index (κ3) is 4.01. The molecule has 5 heteroatoms. The molecular formula is C14H22N4O. The van der Waals surface area contributed by atoms with E-state index in [1.165, 1.54) is 0 Å². The van der Waals surface area contributed by atoms with E-state index in [2.05, 4.69) is 29.2 Å². The summed E-state index contributed by atoms with van der Waals surface area (Å²) < 4.78 is 0. The average Bonchev–Trinajstić information content (AvgIpc) is 2.46. The SMILES string of the molecule is C[C@H](NCC(=O)N1CCN(C)CC1)c1ccncc1. The highest BCUT2D eigenvalue weighted by atomic mass is 16.2. The Morgan fingerprint density at radius 3 is 2.58 bits per heavy atom. The van der Waals surface area contributed by atoms with Gasteiger partial charge in [0.1, 0.15) is 0 Å². The van der Waals surface area contributed by atoms with Crippen molar-refractivity contribution in [3.8, 4) is 0 Å². The van der Waals surface area contributed by atoms with Crippen molar-refractivity contribution in [1.82, 2.24) is 20.1 Å². The van der Waals surface area contributed by atoms with Gasteiger partial charge in [0.2, 0.25) is 5.91 Å². The van der Waals surface area contributed by atoms with Gasteiger partial charge in [0.15, 0.2) is 0 Å². The van der Waals surface area contributed by atoms with Gasteiger partial charge in [0, 0.05) is 44.6 Å². The van der Waals surface area contributed by atoms with Gasteiger partial charge in [-0.15, -0.1) is 0 Å². The molecule has 2 rings (SSSR count). The van der Waals surface area contributed by atoms with Crippen LogP contribution in [0.15, 0.2) is 24.5 Å². The Balaban J connectivity index is 1.77. The number of hydrogen-bond acceptors (Lipinski definition) is 4. The molecule has 5 nitrogen and oxygen atoms in total. The normalized spacial score (nSPS) is 18.3. The number of rotatable bonds is 4. The van der Waals surface area contributed by atoms with E-state index in [0.29, 0.717) is 6.54 Å². The maximum absolute atomic E-state index is 12.1. The molecule has 1 aromatic rings. The molecule has 104 valence electrons. The minimum Gasteiger partial charge on any atom is -0.339 e. The minimum absolute atomic E-state index is 0.166. The molecule has 0 spiro atoms. The smallest absolute Gasteiger partial charge is 0.236 e. The summed E-state index contributed by atoms with van der Waals surface area (Å²) in [5, 5.41) is 3.27. The van der Waals surface area contributed by atoms with Crippen molar-refractivity contribution in [1.29, 1.82) is 0 Å². The number of likely N-dealkylation sites (N-methyl/N-ethyl adjacent to an activating group) is 1. The largest absolute Gasteiger partial charge is 0.339 e. The van der Waals surface area contributed by atoms with Gasteiger partial charge >= 0.3 is 0 Å². The van der Waals surface area contributed by atoms with E-state index >= 15 is 0 Å². The van der Waals surface area contributed by atoms with E-state index in [0.717, 1.165) is 31.7 Å². The minimum atomic E-state index is 0.166. The second-order valence-corrected chi connectivity index (χ2v) is 5.07. The lowest BCUT2D eigenvalue weighted by Gasteiger charge is -2.32. The standard InChI is InChI=1S/C14H22N4O/c1-12(13-3-5-15-6-4-13)16-11-14(19)18-9-7-17(2)8-10-18/h3-6,12,16H,7-11H2,1-2H3/t12-/m0/s1. The number of piperazine rings is 1. The quantitative estimate of drug-likeness (QED) is 0.859. The van der Waals surface area contributed by atoms with Gasteiger partial charge in [-0.3, -0.25) is 9.78 Å². The number of hydrogen-bond donors (Lipinski definition) is 1. The lowest BCUT2D eigenvalue weighted by molar-refractivity contribution is -0.131. The summed E-state index contributed by atoms with van der Waals surface area (Å²) in [6.45, 7) is 6.05. The number of pyridine rings is 1. The van der Waals surface area contributed by atoms with Gasteiger partial charge in [-0.25, -0.2) is 0 Å². The molecule has 2 heterocycles. The van der Waals surface area contributed by atoms with E-state index in [-0.39, 0.29) is 11.9 Å². The highest BCUT2D eigenvalue weighted by Crippen LogP contribution is 2.09. The number of aromatic nitrogens is 1. The van der Waals surface area contributed by atoms with Crippen LogP contribution in [-0.2, 0) is 4.79 Å². The van der Waals surface area contributed by atoms with Crippen LogP contribution in [-0.4, -0.2) is 60.5 Å². The summed E-state index contributed by atoms with van der Waals surface area (Å²) in [5.74, 6) is 0.189. The summed E-state index contributed by atoms with van der Waals surface area (Å²) in [4.78, 5) is 20.3. The van der Waals surface area contributed by atoms with E-state index in [9.17, 15) is 4.79 Å². The molecule has 0 radical (unpaired) electrons. The first kappa shape index (κ1) is 14.0. The second-order valence-electron chi connectivity index (χ2n) is 5.07. The summed E-state index contributed by atoms with van der Waals surface area (Å²) in [7, 11) is 2.09. The van der Waals surface area contributed by atoms with Crippen molar-refractivity contribution in [3.05, 3.63) is 30.1 Å². The third-order valence-electron chi connectivity index (χ3n) is 3.62. The summed E-state index contributed by atoms with van der Waals surface area (Å²) in [6, 6.07) is 4.11. The van der Waals surface area contributed by atoms with Crippen LogP contribution in [0.4, 0.5) is 0 Å². The number of carbonyl (C=O) groups is 1. The highest BCUT2D eigenvalue weighted by molar-refractivity contribution is 5.78. The Morgan fingerprint density at radius 2 is 1.95 bits per heavy atom. The van der Waals surface area contributed by atoms with Gasteiger partial charge in [0.05, 0.1) is 6.54 Å². The van der Waals surface area contributed by atoms with E-state index in [1.807, 2.05) is 17.0 Å². The van der Waals surface area contributed by atoms with Gasteiger partial charge in [0.25, 0.3) is 0 Å². The third-order valence-corrected chi connectivity index (χ3v) is 3.62. The molecule has 1 N–H and O–H groups in total. The first-order valence-corrected chi connectivity index (χ1v) is 6.76. The van der Waals surface area contributed by atoms with Gasteiger partial charge in [-0.2, -0.15) is 0 Å². The van der Waals surface area contributed by atoms with Gasteiger partial charge < -0.3 is 15.1 Å². The van der Waals surface area contributed by atoms with E-state index in [4.69, 9.17) is 0 Å². The van der Waals surface area contributed by atoms with Crippen molar-refractivity contribution in [3.63, 3.8) is 0 Å². The predicted molar refractivity (Wildman–Crippen MR) is 74.7 cm³/mol. The summed E-state index contributed by atoms with van der Waals surface area (Å²) >= 11 is 0. The topological polar surface area (TPSA) is 48.5 Å². The molecule has 0 bridgehead atoms. The van der Waals surface area contributed by atoms with Crippen LogP contribution in [0, 0.1) is 0 Å². The molecule has 1 aromatic heterocycles. The fraction of sp³-hybridized carbons (Fsp3) is 0.571. The molecule has 19 heavy (non-hydrogen) atoms. The molecule has 1 atom stereocenters. The second kappa shape index (κ2) is 6.63. The Labute approximate surface area is 114 Å². The molecule has 0 aliphatic carbocycles. The zero-order valence-corrected chi connectivity index (χ0v) is 11.7. The lowest BCUT2D eigenvalue weighted by Crippen LogP contribution is -2.49. The van der Waals surface area contributed by atoms with Crippen LogP contribution in [0.1, 0.15) is 18.5 Å². The van der Waals surface area contributed by atoms with Crippen molar-refractivity contribution in [2.45, 2.75) is 13.0 Å². The van der Waals surface area contributed by atoms with E-state index < -0.39 is 0 Å². The Hall–Kier alpha value is -1.46. The van der Waals surface area contributed by atoms with Gasteiger partial charge in [-0.05, 0) is 31.7 Å². The highest BCUT2D eigenvalue weighted by Gasteiger charge is 2.19. The van der Waals surface area contributed by atoms with Crippen LogP contribution in [0.2, 0.25) is 0 Å². The van der Waals surface area contributed by atoms with Crippen LogP contribution < -0.4 is 5.32 Å². The number of nitrogens with zero attached hydrogens (tertiary/aromatic N) is 3. The number of nitrogens with one attached hydrogen (secondary N) is 1. The fourth-order valence-electron chi connectivity index (χ4n) is 2.18. The molecule has 0 aromatic carbocycles. The van der Waals surface area contributed by atoms with Crippen molar-refractivity contribution >= 4 is 5.91 Å². The maximum Gasteiger partial charge on any atom is 0.236 e. The van der Waals surface area contributed by atoms with Crippen molar-refractivity contribution in [2.24, 2.45) is 0 Å². The van der Waals surface area contributed by atoms with E-state index in [1.54, 1.807) is 12.4 Å². The Kier molecular flexibility index (Phi) is 4.87. The molecular weight excluding hydrogens is 240 g/mol. The Morgan fingerprint density at radius 1 is 1.32 bits per heavy atom. The molecule has 1 amide bonds. The Bertz CT molecular complexity index is 401. The number of carbonyl (C=O) groups excluding carboxylic acids is 1. The monoisotopic (exact) mass is 262 g/mol. The molecule has 1 aliphatic heterocycles. The molecule has 1 saturated heterocycles. The molecule has 1 aliphatic rings. The zero-order valence-electron chi connectivity index (χ0n) is 11.7. The summed E-state index contributed by atoms with van der Waals surface area (Å²) in [5.41, 5.74) is 1.15. The first-order valence-electron chi connectivity index (χ1n) is 6.76. The van der Waals surface area contributed by atoms with Crippen LogP contribution in [0.3, 0.4) is 0 Å². The zero-order chi connectivity index (χ0) is 13.7. The summed E-state index contributed by atoms with van der Waals surface area (Å²) in [6.07, 6.45) is 3.55. The average molecular weight is 262 g/mol. The first-order chi connectivity index (χ1) is 9.16. The van der Waals surface area contributed by atoms with Crippen molar-refractivity contribution < 1.29 is 4.79 Å². The van der Waals surface area contributed by atoms with Crippen LogP contribution in [0.5, 0.6) is 0 Å². The molecule has 0 unspecified atom stereocenters. The number of amides is 1. The molecule has 0 saturated carbocycles. The van der Waals surface area contributed by atoms with Crippen LogP contribution >= 0.6 is 0 Å². The molecule has 1 fully saturated rings.